The van der Waals surface area contributed by atoms with Gasteiger partial charge in [-0.05, 0) is 29.8 Å². The van der Waals surface area contributed by atoms with Crippen molar-refractivity contribution in [3.05, 3.63) is 52.5 Å². The molecule has 2 N–H and O–H groups in total. The van der Waals surface area contributed by atoms with Crippen LogP contribution in [0.25, 0.3) is 0 Å². The van der Waals surface area contributed by atoms with E-state index in [4.69, 9.17) is 10.5 Å². The predicted octanol–water partition coefficient (Wildman–Crippen LogP) is 3.35. The van der Waals surface area contributed by atoms with Gasteiger partial charge in [-0.25, -0.2) is 0 Å². The Morgan fingerprint density at radius 2 is 2.00 bits per heavy atom. The Labute approximate surface area is 123 Å². The summed E-state index contributed by atoms with van der Waals surface area (Å²) in [6.07, 6.45) is 0. The highest BCUT2D eigenvalue weighted by Gasteiger charge is 2.12. The van der Waals surface area contributed by atoms with E-state index >= 15 is 0 Å². The molecule has 2 aromatic carbocycles. The molecule has 0 aromatic heterocycles. The standard InChI is InChI=1S/C14H14BrNO2S/c1-18-13-4-2-3-5-14(13)19(17)9-10-6-7-11(15)8-12(10)16/h2-8H,9,16H2,1H3. The third kappa shape index (κ3) is 3.36. The molecule has 0 heterocycles. The molecular formula is C14H14BrNO2S. The normalized spacial score (nSPS) is 12.1. The lowest BCUT2D eigenvalue weighted by atomic mass is 10.2. The highest BCUT2D eigenvalue weighted by molar-refractivity contribution is 9.10. The fraction of sp³-hybridized carbons (Fsp3) is 0.143. The van der Waals surface area contributed by atoms with Crippen LogP contribution >= 0.6 is 15.9 Å². The van der Waals surface area contributed by atoms with Gasteiger partial charge in [0.05, 0.1) is 28.6 Å². The van der Waals surface area contributed by atoms with Gasteiger partial charge < -0.3 is 10.5 Å². The topological polar surface area (TPSA) is 52.3 Å². The molecule has 100 valence electrons. The number of halogens is 1. The molecule has 0 radical (unpaired) electrons. The second-order valence-electron chi connectivity index (χ2n) is 3.98. The number of hydrogen-bond acceptors (Lipinski definition) is 3. The van der Waals surface area contributed by atoms with Gasteiger partial charge >= 0.3 is 0 Å². The second kappa shape index (κ2) is 6.21. The molecule has 5 heteroatoms. The Morgan fingerprint density at radius 3 is 2.68 bits per heavy atom. The maximum Gasteiger partial charge on any atom is 0.134 e. The largest absolute Gasteiger partial charge is 0.495 e. The van der Waals surface area contributed by atoms with Crippen molar-refractivity contribution >= 4 is 32.4 Å². The van der Waals surface area contributed by atoms with Crippen LogP contribution in [0.5, 0.6) is 5.75 Å². The Kier molecular flexibility index (Phi) is 4.61. The lowest BCUT2D eigenvalue weighted by Crippen LogP contribution is -2.02. The molecule has 0 spiro atoms. The molecule has 0 aliphatic rings. The quantitative estimate of drug-likeness (QED) is 0.869. The fourth-order valence-electron chi connectivity index (χ4n) is 1.72. The fourth-order valence-corrected chi connectivity index (χ4v) is 3.41. The Morgan fingerprint density at radius 1 is 1.26 bits per heavy atom. The average molecular weight is 340 g/mol. The molecular weight excluding hydrogens is 326 g/mol. The summed E-state index contributed by atoms with van der Waals surface area (Å²) in [5.74, 6) is 1.01. The number of benzene rings is 2. The van der Waals surface area contributed by atoms with Crippen LogP contribution in [-0.4, -0.2) is 11.3 Å². The van der Waals surface area contributed by atoms with Gasteiger partial charge in [0.15, 0.2) is 0 Å². The molecule has 2 rings (SSSR count). The highest BCUT2D eigenvalue weighted by Crippen LogP contribution is 2.26. The van der Waals surface area contributed by atoms with Gasteiger partial charge in [0.2, 0.25) is 0 Å². The summed E-state index contributed by atoms with van der Waals surface area (Å²) in [5.41, 5.74) is 7.43. The SMILES string of the molecule is COc1ccccc1S(=O)Cc1ccc(Br)cc1N. The molecule has 1 atom stereocenters. The van der Waals surface area contributed by atoms with Crippen LogP contribution in [-0.2, 0) is 16.6 Å². The molecule has 2 aromatic rings. The lowest BCUT2D eigenvalue weighted by molar-refractivity contribution is 0.404. The summed E-state index contributed by atoms with van der Waals surface area (Å²) in [6, 6.07) is 12.9. The van der Waals surface area contributed by atoms with Crippen LogP contribution in [0.2, 0.25) is 0 Å². The highest BCUT2D eigenvalue weighted by atomic mass is 79.9. The summed E-state index contributed by atoms with van der Waals surface area (Å²) in [7, 11) is 0.390. The van der Waals surface area contributed by atoms with Gasteiger partial charge in [0.1, 0.15) is 5.75 Å². The third-order valence-electron chi connectivity index (χ3n) is 2.71. The van der Waals surface area contributed by atoms with Crippen molar-refractivity contribution in [1.29, 1.82) is 0 Å². The predicted molar refractivity (Wildman–Crippen MR) is 81.7 cm³/mol. The maximum atomic E-state index is 12.4. The smallest absolute Gasteiger partial charge is 0.134 e. The second-order valence-corrected chi connectivity index (χ2v) is 6.32. The van der Waals surface area contributed by atoms with Crippen LogP contribution in [0.4, 0.5) is 5.69 Å². The molecule has 19 heavy (non-hydrogen) atoms. The number of nitrogens with two attached hydrogens (primary N) is 1. The van der Waals surface area contributed by atoms with Crippen molar-refractivity contribution in [3.8, 4) is 5.75 Å². The third-order valence-corrected chi connectivity index (χ3v) is 4.60. The lowest BCUT2D eigenvalue weighted by Gasteiger charge is -2.09. The molecule has 1 unspecified atom stereocenters. The molecule has 0 bridgehead atoms. The van der Waals surface area contributed by atoms with Crippen molar-refractivity contribution in [2.45, 2.75) is 10.6 Å². The Hall–Kier alpha value is -1.33. The zero-order valence-electron chi connectivity index (χ0n) is 10.4. The van der Waals surface area contributed by atoms with E-state index in [0.29, 0.717) is 22.1 Å². The molecule has 0 fully saturated rings. The van der Waals surface area contributed by atoms with Gasteiger partial charge in [-0.3, -0.25) is 4.21 Å². The first-order chi connectivity index (χ1) is 9.11. The van der Waals surface area contributed by atoms with Crippen molar-refractivity contribution in [2.24, 2.45) is 0 Å². The van der Waals surface area contributed by atoms with Gasteiger partial charge in [-0.2, -0.15) is 0 Å². The summed E-state index contributed by atoms with van der Waals surface area (Å²) in [4.78, 5) is 0.687. The van der Waals surface area contributed by atoms with Crippen molar-refractivity contribution in [2.75, 3.05) is 12.8 Å². The molecule has 0 saturated carbocycles. The van der Waals surface area contributed by atoms with Gasteiger partial charge in [-0.1, -0.05) is 34.1 Å². The van der Waals surface area contributed by atoms with E-state index in [1.54, 1.807) is 13.2 Å². The number of rotatable bonds is 4. The number of methoxy groups -OCH3 is 1. The number of hydrogen-bond donors (Lipinski definition) is 1. The van der Waals surface area contributed by atoms with E-state index in [1.807, 2.05) is 36.4 Å². The van der Waals surface area contributed by atoms with Gasteiger partial charge in [0.25, 0.3) is 0 Å². The number of nitrogen functional groups attached to an aromatic ring is 1. The van der Waals surface area contributed by atoms with E-state index in [9.17, 15) is 4.21 Å². The molecule has 3 nitrogen and oxygen atoms in total. The van der Waals surface area contributed by atoms with E-state index in [1.165, 1.54) is 0 Å². The van der Waals surface area contributed by atoms with Crippen molar-refractivity contribution < 1.29 is 8.95 Å². The first-order valence-electron chi connectivity index (χ1n) is 5.67. The number of anilines is 1. The van der Waals surface area contributed by atoms with Crippen LogP contribution in [0, 0.1) is 0 Å². The molecule has 0 aliphatic carbocycles. The van der Waals surface area contributed by atoms with E-state index in [-0.39, 0.29) is 0 Å². The van der Waals surface area contributed by atoms with Crippen molar-refractivity contribution in [3.63, 3.8) is 0 Å². The van der Waals surface area contributed by atoms with Crippen molar-refractivity contribution in [1.82, 2.24) is 0 Å². The summed E-state index contributed by atoms with van der Waals surface area (Å²) in [6.45, 7) is 0. The van der Waals surface area contributed by atoms with Crippen LogP contribution < -0.4 is 10.5 Å². The minimum atomic E-state index is -1.18. The van der Waals surface area contributed by atoms with Crippen LogP contribution in [0.1, 0.15) is 5.56 Å². The minimum Gasteiger partial charge on any atom is -0.495 e. The minimum absolute atomic E-state index is 0.374. The summed E-state index contributed by atoms with van der Waals surface area (Å²) in [5, 5.41) is 0. The first-order valence-corrected chi connectivity index (χ1v) is 7.78. The molecule has 0 aliphatic heterocycles. The number of ether oxygens (including phenoxy) is 1. The molecule has 0 saturated heterocycles. The Balaban J connectivity index is 2.26. The van der Waals surface area contributed by atoms with E-state index in [2.05, 4.69) is 15.9 Å². The zero-order valence-corrected chi connectivity index (χ0v) is 12.8. The summed E-state index contributed by atoms with van der Waals surface area (Å²) < 4.78 is 18.5. The zero-order chi connectivity index (χ0) is 13.8. The van der Waals surface area contributed by atoms with Crippen LogP contribution in [0.3, 0.4) is 0 Å². The average Bonchev–Trinajstić information content (AvgIpc) is 2.41. The molecule has 0 amide bonds. The monoisotopic (exact) mass is 339 g/mol. The number of para-hydroxylation sites is 1. The van der Waals surface area contributed by atoms with Crippen LogP contribution in [0.15, 0.2) is 51.8 Å². The summed E-state index contributed by atoms with van der Waals surface area (Å²) >= 11 is 3.35. The van der Waals surface area contributed by atoms with Gasteiger partial charge in [0, 0.05) is 10.2 Å². The van der Waals surface area contributed by atoms with E-state index < -0.39 is 10.8 Å². The Bertz CT molecular complexity index is 616. The first kappa shape index (κ1) is 14.1. The maximum absolute atomic E-state index is 12.4. The van der Waals surface area contributed by atoms with Gasteiger partial charge in [-0.15, -0.1) is 0 Å². The van der Waals surface area contributed by atoms with E-state index in [0.717, 1.165) is 10.0 Å².